The average Bonchev–Trinajstić information content (AvgIpc) is 2.37. The first-order valence-electron chi connectivity index (χ1n) is 4.94. The maximum atomic E-state index is 10.7. The van der Waals surface area contributed by atoms with Gasteiger partial charge in [0, 0.05) is 5.56 Å². The normalized spacial score (nSPS) is 10.1. The van der Waals surface area contributed by atoms with Crippen LogP contribution in [0.4, 0.5) is 4.79 Å². The lowest BCUT2D eigenvalue weighted by Gasteiger charge is -2.05. The number of hydrogen-bond acceptors (Lipinski definition) is 5. The number of ether oxygens (including phenoxy) is 2. The number of hydrazone groups is 1. The molecule has 0 atom stereocenters. The summed E-state index contributed by atoms with van der Waals surface area (Å²) in [4.78, 5) is 21.1. The zero-order chi connectivity index (χ0) is 13.4. The van der Waals surface area contributed by atoms with Crippen LogP contribution in [0.1, 0.15) is 5.56 Å². The highest BCUT2D eigenvalue weighted by Crippen LogP contribution is 2.15. The van der Waals surface area contributed by atoms with Gasteiger partial charge in [0.1, 0.15) is 5.75 Å². The fourth-order valence-corrected chi connectivity index (χ4v) is 1.06. The van der Waals surface area contributed by atoms with Gasteiger partial charge in [0.25, 0.3) is 0 Å². The maximum Gasteiger partial charge on any atom is 0.427 e. The highest BCUT2D eigenvalue weighted by Gasteiger charge is 2.03. The van der Waals surface area contributed by atoms with Crippen molar-refractivity contribution >= 4 is 18.3 Å². The summed E-state index contributed by atoms with van der Waals surface area (Å²) < 4.78 is 9.37. The summed E-state index contributed by atoms with van der Waals surface area (Å²) in [5.41, 5.74) is 2.65. The maximum absolute atomic E-state index is 10.7. The number of carbonyl (C=O) groups is 2. The Morgan fingerprint density at radius 3 is 2.83 bits per heavy atom. The Morgan fingerprint density at radius 1 is 1.44 bits per heavy atom. The van der Waals surface area contributed by atoms with Crippen molar-refractivity contribution in [3.8, 4) is 5.75 Å². The molecular weight excluding hydrogens is 240 g/mol. The number of methoxy groups -OCH3 is 1. The molecule has 1 aromatic carbocycles. The Bertz CT molecular complexity index is 459. The number of amides is 1. The smallest absolute Gasteiger partial charge is 0.427 e. The quantitative estimate of drug-likeness (QED) is 0.597. The van der Waals surface area contributed by atoms with Gasteiger partial charge in [-0.3, -0.25) is 0 Å². The number of carbonyl (C=O) groups excluding carboxylic acids is 1. The number of nitrogens with one attached hydrogen (secondary N) is 1. The molecule has 7 heteroatoms. The predicted octanol–water partition coefficient (Wildman–Crippen LogP) is 0.840. The summed E-state index contributed by atoms with van der Waals surface area (Å²) in [5.74, 6) is -0.718. The van der Waals surface area contributed by atoms with Gasteiger partial charge in [0.05, 0.1) is 13.3 Å². The fraction of sp³-hybridized carbons (Fsp3) is 0.182. The van der Waals surface area contributed by atoms with Crippen molar-refractivity contribution in [1.82, 2.24) is 5.43 Å². The van der Waals surface area contributed by atoms with Crippen molar-refractivity contribution in [2.45, 2.75) is 0 Å². The number of nitrogens with zero attached hydrogens (tertiary/aromatic N) is 1. The van der Waals surface area contributed by atoms with Gasteiger partial charge in [-0.2, -0.15) is 5.10 Å². The minimum Gasteiger partial charge on any atom is -0.481 e. The van der Waals surface area contributed by atoms with E-state index in [2.05, 4.69) is 15.3 Å². The van der Waals surface area contributed by atoms with Gasteiger partial charge < -0.3 is 14.6 Å². The minimum absolute atomic E-state index is 0.357. The molecule has 0 aliphatic heterocycles. The van der Waals surface area contributed by atoms with E-state index in [4.69, 9.17) is 9.84 Å². The van der Waals surface area contributed by atoms with E-state index < -0.39 is 18.7 Å². The second-order valence-corrected chi connectivity index (χ2v) is 3.08. The molecule has 0 heterocycles. The van der Waals surface area contributed by atoms with Crippen molar-refractivity contribution in [3.05, 3.63) is 29.8 Å². The van der Waals surface area contributed by atoms with Crippen molar-refractivity contribution in [1.29, 1.82) is 0 Å². The van der Waals surface area contributed by atoms with Crippen LogP contribution in [0.5, 0.6) is 5.75 Å². The highest BCUT2D eigenvalue weighted by atomic mass is 16.5. The molecule has 96 valence electrons. The number of aliphatic carboxylic acids is 1. The van der Waals surface area contributed by atoms with Crippen LogP contribution in [0.2, 0.25) is 0 Å². The third kappa shape index (κ3) is 4.52. The molecule has 0 fully saturated rings. The van der Waals surface area contributed by atoms with E-state index in [1.54, 1.807) is 24.3 Å². The molecule has 7 nitrogen and oxygen atoms in total. The van der Waals surface area contributed by atoms with Crippen LogP contribution in [0, 0.1) is 0 Å². The third-order valence-electron chi connectivity index (χ3n) is 1.82. The molecule has 1 amide bonds. The number of para-hydroxylation sites is 1. The van der Waals surface area contributed by atoms with Crippen molar-refractivity contribution < 1.29 is 24.2 Å². The van der Waals surface area contributed by atoms with Crippen LogP contribution in [0.3, 0.4) is 0 Å². The average molecular weight is 252 g/mol. The SMILES string of the molecule is COC(=O)N/N=C/c1ccccc1OCC(=O)O. The highest BCUT2D eigenvalue weighted by molar-refractivity contribution is 5.84. The van der Waals surface area contributed by atoms with E-state index >= 15 is 0 Å². The number of benzene rings is 1. The first kappa shape index (κ1) is 13.5. The van der Waals surface area contributed by atoms with Gasteiger partial charge in [0.15, 0.2) is 6.61 Å². The van der Waals surface area contributed by atoms with E-state index in [1.807, 2.05) is 0 Å². The summed E-state index contributed by atoms with van der Waals surface area (Å²) >= 11 is 0. The van der Waals surface area contributed by atoms with Crippen LogP contribution in [-0.4, -0.2) is 37.1 Å². The van der Waals surface area contributed by atoms with Crippen molar-refractivity contribution in [2.24, 2.45) is 5.10 Å². The van der Waals surface area contributed by atoms with Gasteiger partial charge >= 0.3 is 12.1 Å². The van der Waals surface area contributed by atoms with Crippen LogP contribution in [-0.2, 0) is 9.53 Å². The summed E-state index contributed by atoms with van der Waals surface area (Å²) in [6.07, 6.45) is 0.629. The fourth-order valence-electron chi connectivity index (χ4n) is 1.06. The first-order valence-corrected chi connectivity index (χ1v) is 4.94. The molecule has 0 aliphatic carbocycles. The zero-order valence-electron chi connectivity index (χ0n) is 9.62. The van der Waals surface area contributed by atoms with Crippen molar-refractivity contribution in [2.75, 3.05) is 13.7 Å². The van der Waals surface area contributed by atoms with Crippen LogP contribution in [0.15, 0.2) is 29.4 Å². The Labute approximate surface area is 103 Å². The number of rotatable bonds is 5. The van der Waals surface area contributed by atoms with Crippen LogP contribution in [0.25, 0.3) is 0 Å². The lowest BCUT2D eigenvalue weighted by atomic mass is 10.2. The van der Waals surface area contributed by atoms with Gasteiger partial charge in [-0.05, 0) is 12.1 Å². The minimum atomic E-state index is -1.07. The number of hydrogen-bond donors (Lipinski definition) is 2. The van der Waals surface area contributed by atoms with E-state index in [0.29, 0.717) is 11.3 Å². The molecule has 0 radical (unpaired) electrons. The molecule has 1 aromatic rings. The molecule has 2 N–H and O–H groups in total. The van der Waals surface area contributed by atoms with E-state index in [1.165, 1.54) is 13.3 Å². The van der Waals surface area contributed by atoms with Crippen LogP contribution < -0.4 is 10.2 Å². The van der Waals surface area contributed by atoms with Gasteiger partial charge in [0.2, 0.25) is 0 Å². The molecule has 0 bridgehead atoms. The molecule has 0 saturated carbocycles. The molecule has 0 unspecified atom stereocenters. The molecule has 0 aromatic heterocycles. The Hall–Kier alpha value is -2.57. The topological polar surface area (TPSA) is 97.2 Å². The molecule has 18 heavy (non-hydrogen) atoms. The van der Waals surface area contributed by atoms with Gasteiger partial charge in [-0.1, -0.05) is 12.1 Å². The summed E-state index contributed by atoms with van der Waals surface area (Å²) in [7, 11) is 1.22. The molecule has 1 rings (SSSR count). The summed E-state index contributed by atoms with van der Waals surface area (Å²) in [5, 5.41) is 12.1. The molecule has 0 aliphatic rings. The van der Waals surface area contributed by atoms with Crippen molar-refractivity contribution in [3.63, 3.8) is 0 Å². The second-order valence-electron chi connectivity index (χ2n) is 3.08. The largest absolute Gasteiger partial charge is 0.481 e. The second kappa shape index (κ2) is 6.89. The Kier molecular flexibility index (Phi) is 5.17. The molecule has 0 saturated heterocycles. The number of carboxylic acids is 1. The Balaban J connectivity index is 2.69. The van der Waals surface area contributed by atoms with E-state index in [0.717, 1.165) is 0 Å². The van der Waals surface area contributed by atoms with Gasteiger partial charge in [-0.15, -0.1) is 0 Å². The Morgan fingerprint density at radius 2 is 2.17 bits per heavy atom. The summed E-state index contributed by atoms with van der Waals surface area (Å²) in [6, 6.07) is 6.69. The first-order chi connectivity index (χ1) is 8.63. The predicted molar refractivity (Wildman–Crippen MR) is 62.7 cm³/mol. The van der Waals surface area contributed by atoms with E-state index in [-0.39, 0.29) is 0 Å². The molecule has 0 spiro atoms. The molecular formula is C11H12N2O5. The lowest BCUT2D eigenvalue weighted by molar-refractivity contribution is -0.139. The third-order valence-corrected chi connectivity index (χ3v) is 1.82. The monoisotopic (exact) mass is 252 g/mol. The lowest BCUT2D eigenvalue weighted by Crippen LogP contribution is -2.17. The summed E-state index contributed by atoms with van der Waals surface area (Å²) in [6.45, 7) is -0.449. The van der Waals surface area contributed by atoms with Gasteiger partial charge in [-0.25, -0.2) is 15.0 Å². The standard InChI is InChI=1S/C11H12N2O5/c1-17-11(16)13-12-6-8-4-2-3-5-9(8)18-7-10(14)15/h2-6H,7H2,1H3,(H,13,16)(H,14,15)/b12-6+. The van der Waals surface area contributed by atoms with Crippen LogP contribution >= 0.6 is 0 Å². The zero-order valence-corrected chi connectivity index (χ0v) is 9.62. The van der Waals surface area contributed by atoms with E-state index in [9.17, 15) is 9.59 Å². The number of carboxylic acid groups (broad SMARTS) is 1.